The van der Waals surface area contributed by atoms with Gasteiger partial charge in [-0.25, -0.2) is 4.79 Å². The predicted octanol–water partition coefficient (Wildman–Crippen LogP) is 4.65. The first kappa shape index (κ1) is 18.0. The number of halogens is 3. The highest BCUT2D eigenvalue weighted by Crippen LogP contribution is 2.32. The number of alkyl halides is 3. The van der Waals surface area contributed by atoms with E-state index in [-0.39, 0.29) is 5.56 Å². The van der Waals surface area contributed by atoms with E-state index in [4.69, 9.17) is 10.4 Å². The lowest BCUT2D eigenvalue weighted by Gasteiger charge is -2.12. The lowest BCUT2D eigenvalue weighted by atomic mass is 9.95. The third-order valence-corrected chi connectivity index (χ3v) is 3.31. The highest BCUT2D eigenvalue weighted by atomic mass is 19.4. The Labute approximate surface area is 142 Å². The summed E-state index contributed by atoms with van der Waals surface area (Å²) in [7, 11) is 0. The minimum absolute atomic E-state index is 0.264. The number of nitrogens with zero attached hydrogens (tertiary/aromatic N) is 1. The van der Waals surface area contributed by atoms with Crippen LogP contribution in [0.15, 0.2) is 66.8 Å². The van der Waals surface area contributed by atoms with Crippen LogP contribution in [0.4, 0.5) is 13.2 Å². The standard InChI is InChI=1S/C19H12F3NO2/c20-19(21,22)16-7-2-6-15(11-16)17(8-3-9-18(24)25)14-5-1-4-13(10-14)12-23/h1-11H,(H,24,25)/b9-3+,17-8+. The number of carboxylic acids is 1. The molecule has 2 rings (SSSR count). The van der Waals surface area contributed by atoms with E-state index in [0.717, 1.165) is 18.2 Å². The second-order valence-electron chi connectivity index (χ2n) is 5.05. The predicted molar refractivity (Wildman–Crippen MR) is 86.5 cm³/mol. The van der Waals surface area contributed by atoms with Crippen LogP contribution >= 0.6 is 0 Å². The fourth-order valence-electron chi connectivity index (χ4n) is 2.21. The number of carbonyl (C=O) groups is 1. The highest BCUT2D eigenvalue weighted by molar-refractivity contribution is 5.84. The van der Waals surface area contributed by atoms with Gasteiger partial charge in [-0.3, -0.25) is 0 Å². The molecule has 6 heteroatoms. The number of rotatable bonds is 4. The molecule has 0 aliphatic heterocycles. The largest absolute Gasteiger partial charge is 0.478 e. The number of hydrogen-bond acceptors (Lipinski definition) is 2. The van der Waals surface area contributed by atoms with Gasteiger partial charge in [-0.15, -0.1) is 0 Å². The number of benzene rings is 2. The maximum Gasteiger partial charge on any atom is 0.416 e. The summed E-state index contributed by atoms with van der Waals surface area (Å²) in [6.45, 7) is 0. The van der Waals surface area contributed by atoms with Gasteiger partial charge in [0, 0.05) is 6.08 Å². The van der Waals surface area contributed by atoms with E-state index in [1.54, 1.807) is 18.2 Å². The Morgan fingerprint density at radius 3 is 2.32 bits per heavy atom. The summed E-state index contributed by atoms with van der Waals surface area (Å²) in [6.07, 6.45) is -0.981. The molecule has 0 aliphatic rings. The summed E-state index contributed by atoms with van der Waals surface area (Å²) in [5.74, 6) is -1.18. The molecular weight excluding hydrogens is 331 g/mol. The van der Waals surface area contributed by atoms with Crippen molar-refractivity contribution < 1.29 is 23.1 Å². The van der Waals surface area contributed by atoms with Crippen LogP contribution in [0.5, 0.6) is 0 Å². The van der Waals surface area contributed by atoms with Crippen LogP contribution in [0.1, 0.15) is 22.3 Å². The van der Waals surface area contributed by atoms with Crippen molar-refractivity contribution >= 4 is 11.5 Å². The summed E-state index contributed by atoms with van der Waals surface area (Å²) in [5, 5.41) is 17.7. The maximum atomic E-state index is 13.0. The van der Waals surface area contributed by atoms with Crippen LogP contribution in [-0.4, -0.2) is 11.1 Å². The Bertz CT molecular complexity index is 890. The second kappa shape index (κ2) is 7.49. The molecule has 0 unspecified atom stereocenters. The molecule has 0 fully saturated rings. The molecule has 3 nitrogen and oxygen atoms in total. The van der Waals surface area contributed by atoms with Gasteiger partial charge in [0.25, 0.3) is 0 Å². The van der Waals surface area contributed by atoms with E-state index in [1.165, 1.54) is 30.4 Å². The number of nitriles is 1. The minimum Gasteiger partial charge on any atom is -0.478 e. The van der Waals surface area contributed by atoms with Crippen LogP contribution in [0.25, 0.3) is 5.57 Å². The number of allylic oxidation sites excluding steroid dienone is 2. The fraction of sp³-hybridized carbons (Fsp3) is 0.0526. The third kappa shape index (κ3) is 4.82. The summed E-state index contributed by atoms with van der Waals surface area (Å²) >= 11 is 0. The zero-order valence-corrected chi connectivity index (χ0v) is 12.8. The van der Waals surface area contributed by atoms with Crippen molar-refractivity contribution in [2.24, 2.45) is 0 Å². The number of aliphatic carboxylic acids is 1. The van der Waals surface area contributed by atoms with E-state index < -0.39 is 17.7 Å². The van der Waals surface area contributed by atoms with Crippen LogP contribution in [-0.2, 0) is 11.0 Å². The van der Waals surface area contributed by atoms with E-state index in [0.29, 0.717) is 16.7 Å². The van der Waals surface area contributed by atoms with Crippen molar-refractivity contribution in [3.8, 4) is 6.07 Å². The van der Waals surface area contributed by atoms with Gasteiger partial charge in [0.2, 0.25) is 0 Å². The molecule has 2 aromatic rings. The highest BCUT2D eigenvalue weighted by Gasteiger charge is 2.30. The van der Waals surface area contributed by atoms with Crippen molar-refractivity contribution in [2.45, 2.75) is 6.18 Å². The van der Waals surface area contributed by atoms with Gasteiger partial charge < -0.3 is 5.11 Å². The minimum atomic E-state index is -4.49. The molecular formula is C19H12F3NO2. The van der Waals surface area contributed by atoms with Gasteiger partial charge in [-0.05, 0) is 41.0 Å². The SMILES string of the molecule is N#Cc1cccc(/C(=C\C=C\C(=O)O)c2cccc(C(F)(F)F)c2)c1. The molecule has 2 aromatic carbocycles. The molecule has 0 amide bonds. The Hall–Kier alpha value is -3.33. The van der Waals surface area contributed by atoms with Crippen molar-refractivity contribution in [2.75, 3.05) is 0 Å². The first-order valence-corrected chi connectivity index (χ1v) is 7.11. The van der Waals surface area contributed by atoms with Gasteiger partial charge in [-0.1, -0.05) is 36.4 Å². The smallest absolute Gasteiger partial charge is 0.416 e. The quantitative estimate of drug-likeness (QED) is 0.649. The first-order chi connectivity index (χ1) is 11.8. The van der Waals surface area contributed by atoms with Gasteiger partial charge in [0.1, 0.15) is 0 Å². The molecule has 126 valence electrons. The van der Waals surface area contributed by atoms with E-state index in [9.17, 15) is 18.0 Å². The second-order valence-corrected chi connectivity index (χ2v) is 5.05. The summed E-state index contributed by atoms with van der Waals surface area (Å²) in [4.78, 5) is 10.6. The first-order valence-electron chi connectivity index (χ1n) is 7.11. The van der Waals surface area contributed by atoms with Crippen molar-refractivity contribution in [3.63, 3.8) is 0 Å². The van der Waals surface area contributed by atoms with Gasteiger partial charge in [0.05, 0.1) is 17.2 Å². The summed E-state index contributed by atoms with van der Waals surface area (Å²) in [5.41, 5.74) is 0.682. The van der Waals surface area contributed by atoms with Crippen LogP contribution in [0.3, 0.4) is 0 Å². The van der Waals surface area contributed by atoms with E-state index in [1.807, 2.05) is 6.07 Å². The number of carboxylic acid groups (broad SMARTS) is 1. The van der Waals surface area contributed by atoms with Crippen LogP contribution < -0.4 is 0 Å². The normalized spacial score (nSPS) is 12.2. The molecule has 0 aliphatic carbocycles. The Balaban J connectivity index is 2.60. The zero-order chi connectivity index (χ0) is 18.4. The van der Waals surface area contributed by atoms with E-state index in [2.05, 4.69) is 0 Å². The number of hydrogen-bond donors (Lipinski definition) is 1. The summed E-state index contributed by atoms with van der Waals surface area (Å²) < 4.78 is 38.9. The van der Waals surface area contributed by atoms with Crippen molar-refractivity contribution in [3.05, 3.63) is 89.0 Å². The third-order valence-electron chi connectivity index (χ3n) is 3.31. The average molecular weight is 343 g/mol. The fourth-order valence-corrected chi connectivity index (χ4v) is 2.21. The topological polar surface area (TPSA) is 61.1 Å². The summed E-state index contributed by atoms with van der Waals surface area (Å²) in [6, 6.07) is 13.0. The average Bonchev–Trinajstić information content (AvgIpc) is 2.58. The lowest BCUT2D eigenvalue weighted by Crippen LogP contribution is -2.05. The molecule has 0 bridgehead atoms. The molecule has 0 spiro atoms. The molecule has 0 heterocycles. The molecule has 0 aromatic heterocycles. The van der Waals surface area contributed by atoms with Gasteiger partial charge >= 0.3 is 12.1 Å². The van der Waals surface area contributed by atoms with Crippen molar-refractivity contribution in [1.29, 1.82) is 5.26 Å². The molecule has 0 radical (unpaired) electrons. The molecule has 0 saturated carbocycles. The molecule has 1 N–H and O–H groups in total. The van der Waals surface area contributed by atoms with Crippen LogP contribution in [0, 0.1) is 11.3 Å². The molecule has 0 atom stereocenters. The van der Waals surface area contributed by atoms with E-state index >= 15 is 0 Å². The van der Waals surface area contributed by atoms with Crippen LogP contribution in [0.2, 0.25) is 0 Å². The molecule has 0 saturated heterocycles. The Morgan fingerprint density at radius 2 is 1.72 bits per heavy atom. The molecule has 25 heavy (non-hydrogen) atoms. The van der Waals surface area contributed by atoms with Crippen molar-refractivity contribution in [1.82, 2.24) is 0 Å². The van der Waals surface area contributed by atoms with Gasteiger partial charge in [-0.2, -0.15) is 18.4 Å². The lowest BCUT2D eigenvalue weighted by molar-refractivity contribution is -0.137. The Kier molecular flexibility index (Phi) is 5.40. The maximum absolute atomic E-state index is 13.0. The Morgan fingerprint density at radius 1 is 1.08 bits per heavy atom. The zero-order valence-electron chi connectivity index (χ0n) is 12.8. The monoisotopic (exact) mass is 343 g/mol. The van der Waals surface area contributed by atoms with Gasteiger partial charge in [0.15, 0.2) is 0 Å².